The molecule has 132 valence electrons. The molecule has 0 aliphatic carbocycles. The zero-order valence-corrected chi connectivity index (χ0v) is 14.6. The number of morpholine rings is 1. The molecule has 6 heteroatoms. The van der Waals surface area contributed by atoms with Gasteiger partial charge in [0.25, 0.3) is 0 Å². The van der Waals surface area contributed by atoms with Gasteiger partial charge in [-0.2, -0.15) is 0 Å². The van der Waals surface area contributed by atoms with Crippen molar-refractivity contribution in [3.8, 4) is 0 Å². The normalized spacial score (nSPS) is 26.9. The van der Waals surface area contributed by atoms with E-state index in [2.05, 4.69) is 20.9 Å². The maximum atomic E-state index is 5.53. The fraction of sp³-hybridized carbons (Fsp3) is 0.778. The molecule has 1 aromatic heterocycles. The van der Waals surface area contributed by atoms with Gasteiger partial charge in [0, 0.05) is 50.8 Å². The molecule has 0 amide bonds. The molecule has 4 heterocycles. The summed E-state index contributed by atoms with van der Waals surface area (Å²) in [6.45, 7) is 9.77. The second-order valence-electron chi connectivity index (χ2n) is 7.13. The average molecular weight is 332 g/mol. The van der Waals surface area contributed by atoms with Gasteiger partial charge in [0.1, 0.15) is 11.6 Å². The lowest BCUT2D eigenvalue weighted by Crippen LogP contribution is -2.49. The van der Waals surface area contributed by atoms with Gasteiger partial charge in [0.2, 0.25) is 0 Å². The van der Waals surface area contributed by atoms with Gasteiger partial charge in [-0.1, -0.05) is 0 Å². The van der Waals surface area contributed by atoms with Gasteiger partial charge in [0.05, 0.1) is 25.5 Å². The number of anilines is 1. The van der Waals surface area contributed by atoms with Crippen LogP contribution in [0.4, 0.5) is 5.82 Å². The van der Waals surface area contributed by atoms with Crippen LogP contribution in [0.1, 0.15) is 36.7 Å². The number of aryl methyl sites for hydroxylation is 1. The van der Waals surface area contributed by atoms with Crippen LogP contribution in [0.5, 0.6) is 0 Å². The van der Waals surface area contributed by atoms with E-state index < -0.39 is 0 Å². The van der Waals surface area contributed by atoms with Gasteiger partial charge in [-0.3, -0.25) is 4.90 Å². The summed E-state index contributed by atoms with van der Waals surface area (Å²) in [5.41, 5.74) is 1.16. The Morgan fingerprint density at radius 1 is 0.958 bits per heavy atom. The van der Waals surface area contributed by atoms with Crippen LogP contribution in [-0.2, 0) is 9.47 Å². The van der Waals surface area contributed by atoms with Crippen LogP contribution in [-0.4, -0.2) is 73.5 Å². The molecule has 6 nitrogen and oxygen atoms in total. The maximum absolute atomic E-state index is 5.53. The molecule has 24 heavy (non-hydrogen) atoms. The van der Waals surface area contributed by atoms with Crippen molar-refractivity contribution in [3.05, 3.63) is 17.6 Å². The van der Waals surface area contributed by atoms with Crippen molar-refractivity contribution >= 4 is 5.82 Å². The molecule has 0 aromatic carbocycles. The molecule has 0 unspecified atom stereocenters. The number of rotatable bonds is 3. The standard InChI is InChI=1S/C18H28N4O2/c1-14-19-17(15-4-9-24-13-15)12-18(20-14)22-5-2-16(3-6-22)21-7-10-23-11-8-21/h12,15-16H,2-11,13H2,1H3/t15-/m0/s1. The van der Waals surface area contributed by atoms with E-state index in [9.17, 15) is 0 Å². The molecule has 0 bridgehead atoms. The Labute approximate surface area is 144 Å². The predicted molar refractivity (Wildman–Crippen MR) is 92.6 cm³/mol. The summed E-state index contributed by atoms with van der Waals surface area (Å²) >= 11 is 0. The van der Waals surface area contributed by atoms with Crippen LogP contribution in [0, 0.1) is 6.92 Å². The molecule has 4 rings (SSSR count). The molecule has 1 aromatic rings. The minimum atomic E-state index is 0.441. The van der Waals surface area contributed by atoms with Crippen molar-refractivity contribution in [1.82, 2.24) is 14.9 Å². The van der Waals surface area contributed by atoms with Crippen molar-refractivity contribution in [1.29, 1.82) is 0 Å². The summed E-state index contributed by atoms with van der Waals surface area (Å²) in [7, 11) is 0. The Balaban J connectivity index is 1.41. The first-order valence-corrected chi connectivity index (χ1v) is 9.29. The van der Waals surface area contributed by atoms with Crippen molar-refractivity contribution in [2.45, 2.75) is 38.1 Å². The van der Waals surface area contributed by atoms with Crippen molar-refractivity contribution in [3.63, 3.8) is 0 Å². The number of nitrogens with zero attached hydrogens (tertiary/aromatic N) is 4. The first-order chi connectivity index (χ1) is 11.8. The Morgan fingerprint density at radius 2 is 1.75 bits per heavy atom. The second-order valence-corrected chi connectivity index (χ2v) is 7.13. The fourth-order valence-corrected chi connectivity index (χ4v) is 4.12. The number of hydrogen-bond donors (Lipinski definition) is 0. The van der Waals surface area contributed by atoms with E-state index in [0.717, 1.165) is 76.4 Å². The largest absolute Gasteiger partial charge is 0.381 e. The van der Waals surface area contributed by atoms with Crippen LogP contribution in [0.25, 0.3) is 0 Å². The summed E-state index contributed by atoms with van der Waals surface area (Å²) in [5, 5.41) is 0. The van der Waals surface area contributed by atoms with E-state index in [-0.39, 0.29) is 0 Å². The van der Waals surface area contributed by atoms with Crippen LogP contribution >= 0.6 is 0 Å². The van der Waals surface area contributed by atoms with Crippen molar-refractivity contribution in [2.75, 3.05) is 57.5 Å². The number of aromatic nitrogens is 2. The molecule has 3 saturated heterocycles. The highest BCUT2D eigenvalue weighted by molar-refractivity contribution is 5.41. The second kappa shape index (κ2) is 7.33. The molecule has 0 spiro atoms. The quantitative estimate of drug-likeness (QED) is 0.838. The lowest BCUT2D eigenvalue weighted by atomic mass is 10.0. The zero-order chi connectivity index (χ0) is 16.4. The summed E-state index contributed by atoms with van der Waals surface area (Å²) in [6, 6.07) is 2.90. The van der Waals surface area contributed by atoms with Crippen LogP contribution in [0.3, 0.4) is 0 Å². The molecule has 0 radical (unpaired) electrons. The SMILES string of the molecule is Cc1nc([C@H]2CCOC2)cc(N2CCC(N3CCOCC3)CC2)n1. The van der Waals surface area contributed by atoms with E-state index in [1.807, 2.05) is 6.92 Å². The van der Waals surface area contributed by atoms with Gasteiger partial charge < -0.3 is 14.4 Å². The molecule has 3 aliphatic heterocycles. The topological polar surface area (TPSA) is 50.7 Å². The number of piperidine rings is 1. The van der Waals surface area contributed by atoms with Gasteiger partial charge >= 0.3 is 0 Å². The summed E-state index contributed by atoms with van der Waals surface area (Å²) in [5.74, 6) is 2.42. The van der Waals surface area contributed by atoms with Crippen LogP contribution in [0.2, 0.25) is 0 Å². The Morgan fingerprint density at radius 3 is 2.46 bits per heavy atom. The molecular weight excluding hydrogens is 304 g/mol. The van der Waals surface area contributed by atoms with Crippen molar-refractivity contribution < 1.29 is 9.47 Å². The smallest absolute Gasteiger partial charge is 0.132 e. The Kier molecular flexibility index (Phi) is 4.96. The third-order valence-corrected chi connectivity index (χ3v) is 5.54. The number of ether oxygens (including phenoxy) is 2. The van der Waals surface area contributed by atoms with E-state index in [1.165, 1.54) is 12.8 Å². The monoisotopic (exact) mass is 332 g/mol. The Bertz CT molecular complexity index is 548. The third kappa shape index (κ3) is 3.55. The maximum Gasteiger partial charge on any atom is 0.132 e. The van der Waals surface area contributed by atoms with E-state index >= 15 is 0 Å². The van der Waals surface area contributed by atoms with Crippen LogP contribution < -0.4 is 4.90 Å². The van der Waals surface area contributed by atoms with E-state index in [4.69, 9.17) is 14.5 Å². The molecule has 0 saturated carbocycles. The summed E-state index contributed by atoms with van der Waals surface area (Å²) in [6.07, 6.45) is 3.50. The highest BCUT2D eigenvalue weighted by Crippen LogP contribution is 2.28. The minimum absolute atomic E-state index is 0.441. The van der Waals surface area contributed by atoms with Gasteiger partial charge in [0.15, 0.2) is 0 Å². The van der Waals surface area contributed by atoms with Gasteiger partial charge in [-0.05, 0) is 26.2 Å². The number of hydrogen-bond acceptors (Lipinski definition) is 6. The highest BCUT2D eigenvalue weighted by Gasteiger charge is 2.27. The van der Waals surface area contributed by atoms with Crippen molar-refractivity contribution in [2.24, 2.45) is 0 Å². The van der Waals surface area contributed by atoms with E-state index in [1.54, 1.807) is 0 Å². The first kappa shape index (κ1) is 16.2. The van der Waals surface area contributed by atoms with Crippen LogP contribution in [0.15, 0.2) is 6.07 Å². The van der Waals surface area contributed by atoms with E-state index in [0.29, 0.717) is 12.0 Å². The molecule has 3 aliphatic rings. The zero-order valence-electron chi connectivity index (χ0n) is 14.6. The lowest BCUT2D eigenvalue weighted by molar-refractivity contribution is 0.0114. The van der Waals surface area contributed by atoms with Gasteiger partial charge in [-0.15, -0.1) is 0 Å². The molecule has 0 N–H and O–H groups in total. The Hall–Kier alpha value is -1.24. The lowest BCUT2D eigenvalue weighted by Gasteiger charge is -2.40. The minimum Gasteiger partial charge on any atom is -0.381 e. The summed E-state index contributed by atoms with van der Waals surface area (Å²) < 4.78 is 11.0. The van der Waals surface area contributed by atoms with Gasteiger partial charge in [-0.25, -0.2) is 9.97 Å². The molecular formula is C18H28N4O2. The highest BCUT2D eigenvalue weighted by atomic mass is 16.5. The predicted octanol–water partition coefficient (Wildman–Crippen LogP) is 1.59. The summed E-state index contributed by atoms with van der Waals surface area (Å²) in [4.78, 5) is 14.4. The molecule has 1 atom stereocenters. The molecule has 3 fully saturated rings. The fourth-order valence-electron chi connectivity index (χ4n) is 4.12. The average Bonchev–Trinajstić information content (AvgIpc) is 3.17. The first-order valence-electron chi connectivity index (χ1n) is 9.29. The third-order valence-electron chi connectivity index (χ3n) is 5.54.